The summed E-state index contributed by atoms with van der Waals surface area (Å²) in [6.07, 6.45) is 1.67. The van der Waals surface area contributed by atoms with Gasteiger partial charge in [0.2, 0.25) is 11.5 Å². The van der Waals surface area contributed by atoms with Gasteiger partial charge in [-0.25, -0.2) is 4.57 Å². The van der Waals surface area contributed by atoms with Crippen LogP contribution < -0.4 is 21.2 Å². The van der Waals surface area contributed by atoms with Gasteiger partial charge in [-0.05, 0) is 24.6 Å². The number of hydrogen-bond acceptors (Lipinski definition) is 4. The van der Waals surface area contributed by atoms with E-state index in [4.69, 9.17) is 5.73 Å². The van der Waals surface area contributed by atoms with Crippen LogP contribution in [0.25, 0.3) is 16.7 Å². The van der Waals surface area contributed by atoms with Crippen molar-refractivity contribution in [3.05, 3.63) is 81.8 Å². The van der Waals surface area contributed by atoms with Crippen molar-refractivity contribution >= 4 is 28.4 Å². The first-order chi connectivity index (χ1) is 13.5. The maximum atomic E-state index is 13.0. The molecule has 3 aromatic heterocycles. The summed E-state index contributed by atoms with van der Waals surface area (Å²) in [6.45, 7) is 2.26. The highest BCUT2D eigenvalue weighted by molar-refractivity contribution is 6.00. The van der Waals surface area contributed by atoms with E-state index in [1.165, 1.54) is 10.5 Å². The number of pyridine rings is 2. The number of fused-ring (bicyclic) bond motifs is 2. The van der Waals surface area contributed by atoms with E-state index < -0.39 is 0 Å². The Kier molecular flexibility index (Phi) is 4.27. The Labute approximate surface area is 161 Å². The molecule has 28 heavy (non-hydrogen) atoms. The number of rotatable bonds is 3. The summed E-state index contributed by atoms with van der Waals surface area (Å²) >= 11 is 0. The predicted octanol–water partition coefficient (Wildman–Crippen LogP) is 1.49. The zero-order valence-electron chi connectivity index (χ0n) is 15.6. The lowest BCUT2D eigenvalue weighted by Crippen LogP contribution is -2.39. The van der Waals surface area contributed by atoms with Crippen LogP contribution in [0.5, 0.6) is 0 Å². The van der Waals surface area contributed by atoms with Crippen LogP contribution in [-0.2, 0) is 13.6 Å². The van der Waals surface area contributed by atoms with Gasteiger partial charge in [0.25, 0.3) is 17.1 Å². The predicted molar refractivity (Wildman–Crippen MR) is 107 cm³/mol. The summed E-state index contributed by atoms with van der Waals surface area (Å²) in [5.74, 6) is -0.0875. The molecule has 7 heteroatoms. The number of hydrogen-bond donors (Lipinski definition) is 2. The van der Waals surface area contributed by atoms with E-state index in [-0.39, 0.29) is 22.8 Å². The second-order valence-corrected chi connectivity index (χ2v) is 6.71. The van der Waals surface area contributed by atoms with Crippen molar-refractivity contribution in [1.29, 1.82) is 0 Å². The van der Waals surface area contributed by atoms with Gasteiger partial charge in [-0.1, -0.05) is 41.4 Å². The smallest absolute Gasteiger partial charge is 0.278 e. The molecule has 0 saturated carbocycles. The number of benzene rings is 1. The molecule has 0 atom stereocenters. The molecule has 0 aliphatic rings. The van der Waals surface area contributed by atoms with Crippen molar-refractivity contribution in [2.75, 3.05) is 5.73 Å². The average molecular weight is 374 g/mol. The number of anilines is 1. The lowest BCUT2D eigenvalue weighted by atomic mass is 10.1. The molecule has 0 aliphatic carbocycles. The number of aromatic nitrogens is 3. The molecule has 0 saturated heterocycles. The van der Waals surface area contributed by atoms with Crippen LogP contribution in [-0.4, -0.2) is 15.3 Å². The van der Waals surface area contributed by atoms with Crippen LogP contribution in [0, 0.1) is 6.92 Å². The number of nitrogens with zero attached hydrogens (tertiary/aromatic N) is 3. The molecule has 4 rings (SSSR count). The minimum absolute atomic E-state index is 0.239. The molecular formula is C21H20N5O2+. The monoisotopic (exact) mass is 374 g/mol. The summed E-state index contributed by atoms with van der Waals surface area (Å²) < 4.78 is 3.07. The van der Waals surface area contributed by atoms with Crippen molar-refractivity contribution in [3.8, 4) is 0 Å². The normalized spacial score (nSPS) is 11.1. The van der Waals surface area contributed by atoms with Crippen molar-refractivity contribution in [2.45, 2.75) is 13.5 Å². The van der Waals surface area contributed by atoms with E-state index in [1.54, 1.807) is 23.9 Å². The number of carbonyl (C=O) groups is 1. The average Bonchev–Trinajstić information content (AvgIpc) is 2.71. The van der Waals surface area contributed by atoms with Crippen LogP contribution in [0.1, 0.15) is 21.5 Å². The van der Waals surface area contributed by atoms with Crippen LogP contribution in [0.15, 0.2) is 59.5 Å². The Morgan fingerprint density at radius 1 is 1.21 bits per heavy atom. The van der Waals surface area contributed by atoms with Crippen LogP contribution in [0.3, 0.4) is 0 Å². The topological polar surface area (TPSA) is 93.4 Å². The molecule has 0 spiro atoms. The van der Waals surface area contributed by atoms with Gasteiger partial charge in [0.05, 0.1) is 7.05 Å². The molecule has 0 unspecified atom stereocenters. The number of nitrogen functional groups attached to an aromatic ring is 1. The fourth-order valence-electron chi connectivity index (χ4n) is 3.25. The fraction of sp³-hybridized carbons (Fsp3) is 0.143. The van der Waals surface area contributed by atoms with Crippen molar-refractivity contribution in [3.63, 3.8) is 0 Å². The van der Waals surface area contributed by atoms with Gasteiger partial charge in [0, 0.05) is 18.3 Å². The zero-order valence-corrected chi connectivity index (χ0v) is 15.6. The fourth-order valence-corrected chi connectivity index (χ4v) is 3.25. The second kappa shape index (κ2) is 6.77. The molecule has 3 heterocycles. The first-order valence-corrected chi connectivity index (χ1v) is 8.89. The molecule has 4 aromatic rings. The van der Waals surface area contributed by atoms with Gasteiger partial charge in [-0.3, -0.25) is 14.0 Å². The maximum absolute atomic E-state index is 13.0. The van der Waals surface area contributed by atoms with Crippen LogP contribution >= 0.6 is 0 Å². The number of amides is 1. The third-order valence-corrected chi connectivity index (χ3v) is 4.85. The Hall–Kier alpha value is -3.74. The van der Waals surface area contributed by atoms with E-state index in [9.17, 15) is 9.59 Å². The van der Waals surface area contributed by atoms with E-state index in [1.807, 2.05) is 43.3 Å². The summed E-state index contributed by atoms with van der Waals surface area (Å²) in [6, 6.07) is 14.8. The highest BCUT2D eigenvalue weighted by atomic mass is 16.1. The number of carbonyl (C=O) groups excluding carboxylic acids is 1. The molecule has 0 bridgehead atoms. The van der Waals surface area contributed by atoms with Gasteiger partial charge in [-0.2, -0.15) is 0 Å². The Bertz CT molecular complexity index is 1280. The van der Waals surface area contributed by atoms with Crippen molar-refractivity contribution in [1.82, 2.24) is 14.7 Å². The molecule has 1 amide bonds. The Morgan fingerprint density at radius 2 is 1.96 bits per heavy atom. The van der Waals surface area contributed by atoms with E-state index >= 15 is 0 Å². The molecular weight excluding hydrogens is 354 g/mol. The number of aryl methyl sites for hydroxylation is 2. The highest BCUT2D eigenvalue weighted by Crippen LogP contribution is 2.15. The molecule has 7 nitrogen and oxygen atoms in total. The number of nitrogens with two attached hydrogens (primary N) is 1. The van der Waals surface area contributed by atoms with Crippen LogP contribution in [0.2, 0.25) is 0 Å². The van der Waals surface area contributed by atoms with Gasteiger partial charge in [-0.15, -0.1) is 0 Å². The van der Waals surface area contributed by atoms with E-state index in [0.29, 0.717) is 23.2 Å². The first kappa shape index (κ1) is 17.7. The molecule has 0 aliphatic heterocycles. The van der Waals surface area contributed by atoms with Gasteiger partial charge < -0.3 is 11.1 Å². The third-order valence-electron chi connectivity index (χ3n) is 4.85. The lowest BCUT2D eigenvalue weighted by Gasteiger charge is -2.10. The minimum atomic E-state index is -0.340. The van der Waals surface area contributed by atoms with E-state index in [0.717, 1.165) is 11.1 Å². The largest absolute Gasteiger partial charge is 0.348 e. The number of nitrogens with one attached hydrogen (secondary N) is 1. The van der Waals surface area contributed by atoms with Crippen LogP contribution in [0.4, 0.5) is 5.82 Å². The highest BCUT2D eigenvalue weighted by Gasteiger charge is 2.22. The van der Waals surface area contributed by atoms with Gasteiger partial charge >= 0.3 is 0 Å². The van der Waals surface area contributed by atoms with Gasteiger partial charge in [0.15, 0.2) is 0 Å². The maximum Gasteiger partial charge on any atom is 0.278 e. The molecule has 0 radical (unpaired) electrons. The summed E-state index contributed by atoms with van der Waals surface area (Å²) in [7, 11) is 1.70. The molecule has 1 aromatic carbocycles. The minimum Gasteiger partial charge on any atom is -0.348 e. The van der Waals surface area contributed by atoms with Crippen molar-refractivity contribution in [2.24, 2.45) is 7.05 Å². The SMILES string of the molecule is Cc1cccn2c(=O)c3cc(C(=O)NCc4ccccc4)c(N)[n+](C)c3nc12. The summed E-state index contributed by atoms with van der Waals surface area (Å²) in [5, 5.41) is 3.19. The van der Waals surface area contributed by atoms with E-state index in [2.05, 4.69) is 10.3 Å². The summed E-state index contributed by atoms with van der Waals surface area (Å²) in [5.41, 5.74) is 9.07. The lowest BCUT2D eigenvalue weighted by molar-refractivity contribution is -0.632. The summed E-state index contributed by atoms with van der Waals surface area (Å²) in [4.78, 5) is 30.3. The molecule has 0 fully saturated rings. The molecule has 3 N–H and O–H groups in total. The zero-order chi connectivity index (χ0) is 19.8. The second-order valence-electron chi connectivity index (χ2n) is 6.71. The Morgan fingerprint density at radius 3 is 2.71 bits per heavy atom. The standard InChI is InChI=1S/C21H19N5O2/c1-13-7-6-10-26-18(13)24-19-16(21(26)28)11-15(17(22)25(19)2)20(27)23-12-14-8-4-3-5-9-14/h3-11,22H,12H2,1-2H3,(H,23,27)/p+1. The third kappa shape index (κ3) is 2.87. The van der Waals surface area contributed by atoms with Gasteiger partial charge in [0.1, 0.15) is 10.9 Å². The molecule has 140 valence electrons. The Balaban J connectivity index is 1.83. The van der Waals surface area contributed by atoms with Crippen molar-refractivity contribution < 1.29 is 9.36 Å². The first-order valence-electron chi connectivity index (χ1n) is 8.89. The quantitative estimate of drug-likeness (QED) is 0.420.